The summed E-state index contributed by atoms with van der Waals surface area (Å²) in [5, 5.41) is 12.6. The summed E-state index contributed by atoms with van der Waals surface area (Å²) in [4.78, 5) is 11.4. The Hall–Kier alpha value is -0.610. The van der Waals surface area contributed by atoms with Crippen molar-refractivity contribution in [3.8, 4) is 0 Å². The Morgan fingerprint density at radius 2 is 2.11 bits per heavy atom. The highest BCUT2D eigenvalue weighted by Crippen LogP contribution is 2.29. The maximum absolute atomic E-state index is 11.4. The molecule has 4 heteroatoms. The van der Waals surface area contributed by atoms with Crippen molar-refractivity contribution >= 4 is 5.97 Å². The largest absolute Gasteiger partial charge is 0.480 e. The molecular formula is C15H27NO3. The third-order valence-corrected chi connectivity index (χ3v) is 4.49. The normalized spacial score (nSPS) is 30.8. The summed E-state index contributed by atoms with van der Waals surface area (Å²) < 4.78 is 5.93. The number of ether oxygens (including phenoxy) is 1. The maximum atomic E-state index is 11.4. The second-order valence-electron chi connectivity index (χ2n) is 6.43. The van der Waals surface area contributed by atoms with Gasteiger partial charge in [0.05, 0.1) is 12.7 Å². The molecule has 2 N–H and O–H groups in total. The first-order valence-corrected chi connectivity index (χ1v) is 7.66. The predicted octanol–water partition coefficient (Wildman–Crippen LogP) is 2.57. The molecule has 0 aliphatic heterocycles. The van der Waals surface area contributed by atoms with Gasteiger partial charge in [-0.25, -0.2) is 0 Å². The molecule has 2 saturated carbocycles. The van der Waals surface area contributed by atoms with Gasteiger partial charge >= 0.3 is 5.97 Å². The summed E-state index contributed by atoms with van der Waals surface area (Å²) in [7, 11) is 0. The van der Waals surface area contributed by atoms with Crippen LogP contribution in [0.25, 0.3) is 0 Å². The molecule has 19 heavy (non-hydrogen) atoms. The van der Waals surface area contributed by atoms with Gasteiger partial charge in [0.15, 0.2) is 0 Å². The number of carbonyl (C=O) groups is 1. The van der Waals surface area contributed by atoms with Crippen LogP contribution in [-0.2, 0) is 9.53 Å². The highest BCUT2D eigenvalue weighted by atomic mass is 16.5. The van der Waals surface area contributed by atoms with Crippen molar-refractivity contribution in [3.05, 3.63) is 0 Å². The maximum Gasteiger partial charge on any atom is 0.326 e. The Kier molecular flexibility index (Phi) is 4.85. The lowest BCUT2D eigenvalue weighted by atomic mass is 9.85. The first kappa shape index (κ1) is 14.8. The summed E-state index contributed by atoms with van der Waals surface area (Å²) in [6.45, 7) is 4.25. The lowest BCUT2D eigenvalue weighted by molar-refractivity contribution is -0.148. The van der Waals surface area contributed by atoms with Gasteiger partial charge in [-0.3, -0.25) is 10.1 Å². The van der Waals surface area contributed by atoms with E-state index in [0.717, 1.165) is 31.6 Å². The van der Waals surface area contributed by atoms with Crippen molar-refractivity contribution in [1.82, 2.24) is 5.32 Å². The van der Waals surface area contributed by atoms with Crippen LogP contribution >= 0.6 is 0 Å². The molecule has 0 saturated heterocycles. The Bertz CT molecular complexity index is 317. The number of rotatable bonds is 7. The van der Waals surface area contributed by atoms with E-state index in [9.17, 15) is 9.90 Å². The highest BCUT2D eigenvalue weighted by Gasteiger charge is 2.39. The summed E-state index contributed by atoms with van der Waals surface area (Å²) in [6.07, 6.45) is 8.31. The molecule has 2 fully saturated rings. The Morgan fingerprint density at radius 3 is 2.68 bits per heavy atom. The average molecular weight is 269 g/mol. The van der Waals surface area contributed by atoms with Crippen LogP contribution in [-0.4, -0.2) is 35.4 Å². The van der Waals surface area contributed by atoms with Crippen molar-refractivity contribution < 1.29 is 14.6 Å². The zero-order chi connectivity index (χ0) is 13.9. The van der Waals surface area contributed by atoms with Crippen molar-refractivity contribution in [2.24, 2.45) is 5.92 Å². The van der Waals surface area contributed by atoms with Gasteiger partial charge in [-0.15, -0.1) is 0 Å². The van der Waals surface area contributed by atoms with Gasteiger partial charge in [-0.1, -0.05) is 26.2 Å². The van der Waals surface area contributed by atoms with Crippen molar-refractivity contribution in [3.63, 3.8) is 0 Å². The highest BCUT2D eigenvalue weighted by molar-refractivity contribution is 5.78. The Labute approximate surface area is 115 Å². The summed E-state index contributed by atoms with van der Waals surface area (Å²) in [5.74, 6) is -0.0477. The summed E-state index contributed by atoms with van der Waals surface area (Å²) >= 11 is 0. The smallest absolute Gasteiger partial charge is 0.326 e. The molecular weight excluding hydrogens is 242 g/mol. The van der Waals surface area contributed by atoms with E-state index in [0.29, 0.717) is 6.04 Å². The second-order valence-corrected chi connectivity index (χ2v) is 6.43. The van der Waals surface area contributed by atoms with E-state index in [1.54, 1.807) is 6.92 Å². The predicted molar refractivity (Wildman–Crippen MR) is 74.2 cm³/mol. The minimum absolute atomic E-state index is 0.248. The van der Waals surface area contributed by atoms with Gasteiger partial charge < -0.3 is 9.84 Å². The van der Waals surface area contributed by atoms with Gasteiger partial charge in [-0.05, 0) is 38.5 Å². The number of hydrogen-bond donors (Lipinski definition) is 2. The molecule has 3 unspecified atom stereocenters. The van der Waals surface area contributed by atoms with E-state index >= 15 is 0 Å². The summed E-state index contributed by atoms with van der Waals surface area (Å²) in [5.41, 5.74) is -0.930. The van der Waals surface area contributed by atoms with Crippen LogP contribution in [0.15, 0.2) is 0 Å². The van der Waals surface area contributed by atoms with Gasteiger partial charge in [0, 0.05) is 6.04 Å². The molecule has 3 atom stereocenters. The van der Waals surface area contributed by atoms with Gasteiger partial charge in [0.1, 0.15) is 5.54 Å². The zero-order valence-corrected chi connectivity index (χ0v) is 12.2. The van der Waals surface area contributed by atoms with Crippen molar-refractivity contribution in [1.29, 1.82) is 0 Å². The quantitative estimate of drug-likeness (QED) is 0.746. The van der Waals surface area contributed by atoms with Crippen LogP contribution in [0.4, 0.5) is 0 Å². The van der Waals surface area contributed by atoms with Crippen LogP contribution in [0.3, 0.4) is 0 Å². The van der Waals surface area contributed by atoms with E-state index < -0.39 is 11.5 Å². The fraction of sp³-hybridized carbons (Fsp3) is 0.933. The number of aliphatic carboxylic acids is 1. The molecule has 2 rings (SSSR count). The third-order valence-electron chi connectivity index (χ3n) is 4.49. The second kappa shape index (κ2) is 6.23. The monoisotopic (exact) mass is 269 g/mol. The van der Waals surface area contributed by atoms with Crippen molar-refractivity contribution in [2.45, 2.75) is 76.5 Å². The molecule has 2 aliphatic carbocycles. The van der Waals surface area contributed by atoms with E-state index in [2.05, 4.69) is 12.2 Å². The topological polar surface area (TPSA) is 58.6 Å². The number of carboxylic acid groups (broad SMARTS) is 1. The zero-order valence-electron chi connectivity index (χ0n) is 12.2. The minimum Gasteiger partial charge on any atom is -0.480 e. The van der Waals surface area contributed by atoms with E-state index in [4.69, 9.17) is 4.74 Å². The van der Waals surface area contributed by atoms with Gasteiger partial charge in [0.25, 0.3) is 0 Å². The molecule has 110 valence electrons. The lowest BCUT2D eigenvalue weighted by Crippen LogP contribution is -2.54. The molecule has 0 radical (unpaired) electrons. The molecule has 0 spiro atoms. The molecule has 2 aliphatic rings. The third kappa shape index (κ3) is 4.18. The number of carboxylic acids is 1. The van der Waals surface area contributed by atoms with Crippen LogP contribution in [0.5, 0.6) is 0 Å². The fourth-order valence-electron chi connectivity index (χ4n) is 2.89. The molecule has 0 bridgehead atoms. The summed E-state index contributed by atoms with van der Waals surface area (Å²) in [6, 6.07) is 0.374. The standard InChI is InChI=1S/C15H27NO3/c1-3-11-5-4-6-13(9-11)19-10-15(2,14(17)18)16-12-7-8-12/h11-13,16H,3-10H2,1-2H3,(H,17,18). The lowest BCUT2D eigenvalue weighted by Gasteiger charge is -2.32. The number of hydrogen-bond acceptors (Lipinski definition) is 3. The molecule has 4 nitrogen and oxygen atoms in total. The number of nitrogens with one attached hydrogen (secondary N) is 1. The van der Waals surface area contributed by atoms with E-state index in [-0.39, 0.29) is 12.7 Å². The van der Waals surface area contributed by atoms with Crippen molar-refractivity contribution in [2.75, 3.05) is 6.61 Å². The average Bonchev–Trinajstić information content (AvgIpc) is 3.20. The van der Waals surface area contributed by atoms with Gasteiger partial charge in [-0.2, -0.15) is 0 Å². The van der Waals surface area contributed by atoms with E-state index in [1.807, 2.05) is 0 Å². The fourth-order valence-corrected chi connectivity index (χ4v) is 2.89. The molecule has 0 aromatic heterocycles. The Morgan fingerprint density at radius 1 is 1.37 bits per heavy atom. The molecule has 0 amide bonds. The van der Waals surface area contributed by atoms with E-state index in [1.165, 1.54) is 19.3 Å². The molecule has 0 heterocycles. The first-order chi connectivity index (χ1) is 9.03. The molecule has 0 aromatic carbocycles. The van der Waals surface area contributed by atoms with Crippen LogP contribution < -0.4 is 5.32 Å². The first-order valence-electron chi connectivity index (χ1n) is 7.66. The Balaban J connectivity index is 1.82. The van der Waals surface area contributed by atoms with Gasteiger partial charge in [0.2, 0.25) is 0 Å². The van der Waals surface area contributed by atoms with Crippen LogP contribution in [0.1, 0.15) is 58.8 Å². The van der Waals surface area contributed by atoms with Crippen LogP contribution in [0, 0.1) is 5.92 Å². The minimum atomic E-state index is -0.930. The molecule has 0 aromatic rings. The van der Waals surface area contributed by atoms with Crippen LogP contribution in [0.2, 0.25) is 0 Å². The SMILES string of the molecule is CCC1CCCC(OCC(C)(NC2CC2)C(=O)O)C1.